The van der Waals surface area contributed by atoms with Gasteiger partial charge in [0, 0.05) is 16.7 Å². The number of halogens is 1. The third kappa shape index (κ3) is 1.48. The van der Waals surface area contributed by atoms with E-state index in [2.05, 4.69) is 0 Å². The van der Waals surface area contributed by atoms with Gasteiger partial charge in [0.15, 0.2) is 0 Å². The lowest BCUT2D eigenvalue weighted by Gasteiger charge is -2.27. The van der Waals surface area contributed by atoms with E-state index in [-0.39, 0.29) is 17.8 Å². The number of hydrogen-bond donors (Lipinski definition) is 1. The molecule has 1 aromatic carbocycles. The van der Waals surface area contributed by atoms with E-state index in [0.717, 1.165) is 5.56 Å². The molecular weight excluding hydrogens is 201 g/mol. The van der Waals surface area contributed by atoms with Gasteiger partial charge >= 0.3 is 0 Å². The van der Waals surface area contributed by atoms with E-state index in [1.165, 1.54) is 12.1 Å². The summed E-state index contributed by atoms with van der Waals surface area (Å²) in [6.07, 6.45) is 0. The van der Waals surface area contributed by atoms with E-state index in [0.29, 0.717) is 10.6 Å². The molecule has 1 heterocycles. The van der Waals surface area contributed by atoms with Crippen LogP contribution in [0.3, 0.4) is 0 Å². The maximum atomic E-state index is 12.9. The molecule has 0 aliphatic carbocycles. The molecule has 3 unspecified atom stereocenters. The molecule has 1 aliphatic rings. The van der Waals surface area contributed by atoms with Crippen LogP contribution < -0.4 is 5.73 Å². The van der Waals surface area contributed by atoms with Crippen LogP contribution in [-0.2, 0) is 10.8 Å². The molecule has 76 valence electrons. The van der Waals surface area contributed by atoms with Gasteiger partial charge in [0.2, 0.25) is 0 Å². The van der Waals surface area contributed by atoms with Gasteiger partial charge in [-0.3, -0.25) is 4.21 Å². The van der Waals surface area contributed by atoms with Gasteiger partial charge in [-0.05, 0) is 23.6 Å². The van der Waals surface area contributed by atoms with E-state index in [1.807, 2.05) is 6.92 Å². The van der Waals surface area contributed by atoms with Crippen molar-refractivity contribution >= 4 is 10.8 Å². The van der Waals surface area contributed by atoms with Crippen LogP contribution in [0.4, 0.5) is 4.39 Å². The van der Waals surface area contributed by atoms with Crippen LogP contribution in [0.15, 0.2) is 23.1 Å². The van der Waals surface area contributed by atoms with E-state index >= 15 is 0 Å². The molecule has 0 bridgehead atoms. The first-order chi connectivity index (χ1) is 6.59. The minimum absolute atomic E-state index is 0.122. The summed E-state index contributed by atoms with van der Waals surface area (Å²) < 4.78 is 24.6. The fraction of sp³-hybridized carbons (Fsp3) is 0.400. The summed E-state index contributed by atoms with van der Waals surface area (Å²) in [5, 5.41) is 0. The predicted molar refractivity (Wildman–Crippen MR) is 53.8 cm³/mol. The average Bonchev–Trinajstić information content (AvgIpc) is 2.14. The van der Waals surface area contributed by atoms with Gasteiger partial charge in [-0.25, -0.2) is 4.39 Å². The van der Waals surface area contributed by atoms with Crippen molar-refractivity contribution in [3.8, 4) is 0 Å². The zero-order valence-electron chi connectivity index (χ0n) is 7.87. The molecule has 4 heteroatoms. The summed E-state index contributed by atoms with van der Waals surface area (Å²) in [7, 11) is -1.10. The van der Waals surface area contributed by atoms with E-state index in [9.17, 15) is 8.60 Å². The van der Waals surface area contributed by atoms with Crippen molar-refractivity contribution in [1.82, 2.24) is 0 Å². The van der Waals surface area contributed by atoms with Crippen molar-refractivity contribution in [1.29, 1.82) is 0 Å². The maximum absolute atomic E-state index is 12.9. The molecule has 3 atom stereocenters. The first kappa shape index (κ1) is 9.80. The topological polar surface area (TPSA) is 43.1 Å². The molecule has 2 N–H and O–H groups in total. The minimum Gasteiger partial charge on any atom is -0.324 e. The molecule has 1 aromatic rings. The zero-order chi connectivity index (χ0) is 10.3. The third-order valence-corrected chi connectivity index (χ3v) is 4.28. The smallest absolute Gasteiger partial charge is 0.124 e. The Labute approximate surface area is 84.8 Å². The maximum Gasteiger partial charge on any atom is 0.124 e. The molecule has 0 radical (unpaired) electrons. The minimum atomic E-state index is -1.10. The van der Waals surface area contributed by atoms with E-state index in [4.69, 9.17) is 5.73 Å². The average molecular weight is 213 g/mol. The molecule has 2 rings (SSSR count). The Morgan fingerprint density at radius 3 is 3.00 bits per heavy atom. The fourth-order valence-corrected chi connectivity index (χ4v) is 3.29. The highest BCUT2D eigenvalue weighted by Crippen LogP contribution is 2.32. The van der Waals surface area contributed by atoms with Crippen LogP contribution in [0.2, 0.25) is 0 Å². The first-order valence-corrected chi connectivity index (χ1v) is 5.85. The summed E-state index contributed by atoms with van der Waals surface area (Å²) in [4.78, 5) is 0.565. The van der Waals surface area contributed by atoms with Crippen LogP contribution in [-0.4, -0.2) is 9.96 Å². The summed E-state index contributed by atoms with van der Waals surface area (Å²) in [6.45, 7) is 1.97. The standard InChI is InChI=1S/C10H12FNOS/c1-6-5-14(13)9-4-7(11)2-3-8(9)10(6)12/h2-4,6,10H,5,12H2,1H3. The SMILES string of the molecule is CC1CS(=O)c2cc(F)ccc2C1N. The molecule has 0 saturated carbocycles. The molecule has 0 saturated heterocycles. The number of nitrogens with two attached hydrogens (primary N) is 1. The highest BCUT2D eigenvalue weighted by Gasteiger charge is 2.28. The predicted octanol–water partition coefficient (Wildman–Crippen LogP) is 1.58. The number of hydrogen-bond acceptors (Lipinski definition) is 2. The molecule has 14 heavy (non-hydrogen) atoms. The quantitative estimate of drug-likeness (QED) is 0.711. The largest absolute Gasteiger partial charge is 0.324 e. The van der Waals surface area contributed by atoms with Crippen molar-refractivity contribution in [2.24, 2.45) is 11.7 Å². The number of benzene rings is 1. The van der Waals surface area contributed by atoms with Crippen molar-refractivity contribution in [3.63, 3.8) is 0 Å². The second kappa shape index (κ2) is 3.44. The van der Waals surface area contributed by atoms with E-state index in [1.54, 1.807) is 6.07 Å². The Kier molecular flexibility index (Phi) is 2.41. The first-order valence-electron chi connectivity index (χ1n) is 4.53. The summed E-state index contributed by atoms with van der Waals surface area (Å²) in [5.74, 6) is 0.366. The molecular formula is C10H12FNOS. The van der Waals surface area contributed by atoms with Crippen LogP contribution in [0, 0.1) is 11.7 Å². The van der Waals surface area contributed by atoms with Gasteiger partial charge in [-0.1, -0.05) is 13.0 Å². The fourth-order valence-electron chi connectivity index (χ4n) is 1.72. The van der Waals surface area contributed by atoms with Gasteiger partial charge in [-0.15, -0.1) is 0 Å². The lowest BCUT2D eigenvalue weighted by molar-refractivity contribution is 0.494. The second-order valence-corrected chi connectivity index (χ2v) is 5.16. The zero-order valence-corrected chi connectivity index (χ0v) is 8.68. The van der Waals surface area contributed by atoms with Gasteiger partial charge in [0.25, 0.3) is 0 Å². The molecule has 0 aromatic heterocycles. The Balaban J connectivity index is 2.56. The van der Waals surface area contributed by atoms with Crippen molar-refractivity contribution in [2.75, 3.05) is 5.75 Å². The Bertz CT molecular complexity index is 394. The number of rotatable bonds is 0. The normalized spacial score (nSPS) is 31.2. The van der Waals surface area contributed by atoms with Crippen LogP contribution in [0.1, 0.15) is 18.5 Å². The Hall–Kier alpha value is -0.740. The van der Waals surface area contributed by atoms with E-state index < -0.39 is 10.8 Å². The van der Waals surface area contributed by atoms with Crippen molar-refractivity contribution in [2.45, 2.75) is 17.9 Å². The van der Waals surface area contributed by atoms with Crippen molar-refractivity contribution < 1.29 is 8.60 Å². The van der Waals surface area contributed by atoms with Gasteiger partial charge < -0.3 is 5.73 Å². The van der Waals surface area contributed by atoms with Crippen LogP contribution in [0.5, 0.6) is 0 Å². The molecule has 1 aliphatic heterocycles. The Morgan fingerprint density at radius 2 is 2.29 bits per heavy atom. The lowest BCUT2D eigenvalue weighted by atomic mass is 9.96. The van der Waals surface area contributed by atoms with Crippen LogP contribution in [0.25, 0.3) is 0 Å². The highest BCUT2D eigenvalue weighted by molar-refractivity contribution is 7.85. The molecule has 2 nitrogen and oxygen atoms in total. The molecule has 0 amide bonds. The third-order valence-electron chi connectivity index (χ3n) is 2.61. The summed E-state index contributed by atoms with van der Waals surface area (Å²) >= 11 is 0. The highest BCUT2D eigenvalue weighted by atomic mass is 32.2. The Morgan fingerprint density at radius 1 is 1.57 bits per heavy atom. The summed E-state index contributed by atoms with van der Waals surface area (Å²) in [6, 6.07) is 4.22. The van der Waals surface area contributed by atoms with Gasteiger partial charge in [0.1, 0.15) is 5.82 Å². The molecule has 0 fully saturated rings. The van der Waals surface area contributed by atoms with Crippen molar-refractivity contribution in [3.05, 3.63) is 29.6 Å². The van der Waals surface area contributed by atoms with Crippen LogP contribution >= 0.6 is 0 Å². The summed E-state index contributed by atoms with van der Waals surface area (Å²) in [5.41, 5.74) is 6.77. The lowest BCUT2D eigenvalue weighted by Crippen LogP contribution is -2.29. The number of fused-ring (bicyclic) bond motifs is 1. The second-order valence-electron chi connectivity index (χ2n) is 3.70. The van der Waals surface area contributed by atoms with Gasteiger partial charge in [-0.2, -0.15) is 0 Å². The molecule has 0 spiro atoms. The monoisotopic (exact) mass is 213 g/mol. The van der Waals surface area contributed by atoms with Gasteiger partial charge in [0.05, 0.1) is 10.8 Å².